The van der Waals surface area contributed by atoms with E-state index in [-0.39, 0.29) is 0 Å². The van der Waals surface area contributed by atoms with Gasteiger partial charge in [0.1, 0.15) is 37.9 Å². The van der Waals surface area contributed by atoms with Gasteiger partial charge < -0.3 is 0 Å². The van der Waals surface area contributed by atoms with Crippen LogP contribution in [0.2, 0.25) is 0 Å². The fourth-order valence-corrected chi connectivity index (χ4v) is 2.88. The maximum atomic E-state index is 2.25. The van der Waals surface area contributed by atoms with Gasteiger partial charge in [0.2, 0.25) is 12.7 Å². The van der Waals surface area contributed by atoms with Crippen LogP contribution in [-0.4, -0.2) is 9.13 Å². The highest BCUT2D eigenvalue weighted by molar-refractivity contribution is 5.25. The van der Waals surface area contributed by atoms with Gasteiger partial charge in [0.15, 0.2) is 0 Å². The smallest absolute Gasteiger partial charge is 0.235 e. The van der Waals surface area contributed by atoms with Crippen molar-refractivity contribution in [3.8, 4) is 0 Å². The van der Waals surface area contributed by atoms with Crippen LogP contribution in [0.4, 0.5) is 0 Å². The lowest BCUT2D eigenvalue weighted by Gasteiger charge is -2.06. The van der Waals surface area contributed by atoms with Gasteiger partial charge in [0.05, 0.1) is 12.1 Å². The van der Waals surface area contributed by atoms with Gasteiger partial charge in [-0.2, -0.15) is 0 Å². The van der Waals surface area contributed by atoms with Gasteiger partial charge in [-0.15, -0.1) is 0 Å². The summed E-state index contributed by atoms with van der Waals surface area (Å²) in [6, 6.07) is 9.70. The van der Waals surface area contributed by atoms with Gasteiger partial charge in [-0.25, -0.2) is 18.3 Å². The molecule has 0 saturated heterocycles. The van der Waals surface area contributed by atoms with E-state index in [1.807, 2.05) is 0 Å². The number of hydrogen-bond acceptors (Lipinski definition) is 0. The number of imidazole rings is 2. The zero-order chi connectivity index (χ0) is 17.1. The molecule has 0 aliphatic heterocycles. The van der Waals surface area contributed by atoms with Crippen molar-refractivity contribution in [1.29, 1.82) is 0 Å². The summed E-state index contributed by atoms with van der Waals surface area (Å²) in [6.45, 7) is 10.6. The highest BCUT2D eigenvalue weighted by atomic mass is 15.1. The molecule has 0 bridgehead atoms. The lowest BCUT2D eigenvalue weighted by Crippen LogP contribution is -2.35. The molecule has 4 nitrogen and oxygen atoms in total. The summed E-state index contributed by atoms with van der Waals surface area (Å²) in [4.78, 5) is 0. The van der Waals surface area contributed by atoms with Crippen LogP contribution < -0.4 is 9.13 Å². The number of rotatable bonds is 6. The van der Waals surface area contributed by atoms with Crippen LogP contribution in [0.3, 0.4) is 0 Å². The van der Waals surface area contributed by atoms with Crippen LogP contribution >= 0.6 is 0 Å². The van der Waals surface area contributed by atoms with Crippen molar-refractivity contribution in [2.75, 3.05) is 0 Å². The molecule has 3 aromatic rings. The molecule has 0 unspecified atom stereocenters. The van der Waals surface area contributed by atoms with Crippen LogP contribution in [-0.2, 0) is 13.1 Å². The summed E-state index contributed by atoms with van der Waals surface area (Å²) >= 11 is 0. The number of nitrogens with zero attached hydrogens (tertiary/aromatic N) is 4. The largest absolute Gasteiger partial charge is 0.244 e. The minimum absolute atomic E-state index is 0.493. The highest BCUT2D eigenvalue weighted by Crippen LogP contribution is 2.09. The van der Waals surface area contributed by atoms with Gasteiger partial charge >= 0.3 is 0 Å². The molecular formula is C20H28N4+2. The second kappa shape index (κ2) is 7.04. The van der Waals surface area contributed by atoms with Crippen LogP contribution in [0.5, 0.6) is 0 Å². The quantitative estimate of drug-likeness (QED) is 0.620. The molecule has 1 aromatic carbocycles. The standard InChI is InChI=1S/C20H28N4/c1-17(2)23-11-9-21(15-23)13-19-7-5-6-8-20(19)14-22-10-12-24(16-22)18(3)4/h5-12,15-18H,13-14H2,1-4H3/q+2. The lowest BCUT2D eigenvalue weighted by molar-refractivity contribution is -0.693. The third-order valence-corrected chi connectivity index (χ3v) is 4.44. The third-order valence-electron chi connectivity index (χ3n) is 4.44. The SMILES string of the molecule is CC(C)n1cc[n+](Cc2ccccc2C[n+]2ccn(C(C)C)c2)c1. The van der Waals surface area contributed by atoms with Crippen molar-refractivity contribution >= 4 is 0 Å². The molecule has 0 amide bonds. The van der Waals surface area contributed by atoms with Crippen molar-refractivity contribution in [3.63, 3.8) is 0 Å². The second-order valence-corrected chi connectivity index (χ2v) is 7.02. The Labute approximate surface area is 144 Å². The Bertz CT molecular complexity index is 728. The minimum atomic E-state index is 0.493. The lowest BCUT2D eigenvalue weighted by atomic mass is 10.1. The number of aromatic nitrogens is 4. The first kappa shape index (κ1) is 16.5. The van der Waals surface area contributed by atoms with Gasteiger partial charge in [-0.1, -0.05) is 24.3 Å². The topological polar surface area (TPSA) is 17.6 Å². The summed E-state index contributed by atoms with van der Waals surface area (Å²) in [6.07, 6.45) is 13.0. The maximum absolute atomic E-state index is 2.25. The van der Waals surface area contributed by atoms with Crippen LogP contribution in [0.1, 0.15) is 50.9 Å². The molecule has 2 heterocycles. The van der Waals surface area contributed by atoms with E-state index in [9.17, 15) is 0 Å². The predicted octanol–water partition coefficient (Wildman–Crippen LogP) is 3.12. The predicted molar refractivity (Wildman–Crippen MR) is 94.7 cm³/mol. The summed E-state index contributed by atoms with van der Waals surface area (Å²) in [5.74, 6) is 0. The first-order chi connectivity index (χ1) is 11.5. The molecule has 0 radical (unpaired) electrons. The van der Waals surface area contributed by atoms with Crippen LogP contribution in [0, 0.1) is 0 Å². The average Bonchev–Trinajstić information content (AvgIpc) is 3.18. The number of hydrogen-bond donors (Lipinski definition) is 0. The van der Waals surface area contributed by atoms with E-state index in [4.69, 9.17) is 0 Å². The van der Waals surface area contributed by atoms with Crippen molar-refractivity contribution in [2.45, 2.75) is 52.9 Å². The molecular weight excluding hydrogens is 296 g/mol. The van der Waals surface area contributed by atoms with Crippen molar-refractivity contribution in [1.82, 2.24) is 9.13 Å². The first-order valence-electron chi connectivity index (χ1n) is 8.72. The molecule has 0 atom stereocenters. The summed E-state index contributed by atoms with van der Waals surface area (Å²) < 4.78 is 8.98. The molecule has 0 N–H and O–H groups in total. The minimum Gasteiger partial charge on any atom is -0.235 e. The average molecular weight is 324 g/mol. The Morgan fingerprint density at radius 3 is 1.50 bits per heavy atom. The maximum Gasteiger partial charge on any atom is 0.244 e. The van der Waals surface area contributed by atoms with Crippen molar-refractivity contribution < 1.29 is 9.13 Å². The monoisotopic (exact) mass is 324 g/mol. The van der Waals surface area contributed by atoms with Crippen molar-refractivity contribution in [2.24, 2.45) is 0 Å². The molecule has 0 spiro atoms. The Morgan fingerprint density at radius 1 is 0.750 bits per heavy atom. The molecule has 2 aromatic heterocycles. The first-order valence-corrected chi connectivity index (χ1v) is 8.72. The zero-order valence-electron chi connectivity index (χ0n) is 15.1. The van der Waals surface area contributed by atoms with Crippen LogP contribution in [0.25, 0.3) is 0 Å². The normalized spacial score (nSPS) is 11.6. The van der Waals surface area contributed by atoms with E-state index in [0.29, 0.717) is 12.1 Å². The van der Waals surface area contributed by atoms with E-state index in [1.165, 1.54) is 11.1 Å². The van der Waals surface area contributed by atoms with Crippen molar-refractivity contribution in [3.05, 3.63) is 72.8 Å². The fraction of sp³-hybridized carbons (Fsp3) is 0.400. The molecule has 3 rings (SSSR count). The fourth-order valence-electron chi connectivity index (χ4n) is 2.88. The van der Waals surface area contributed by atoms with Gasteiger partial charge in [0.25, 0.3) is 0 Å². The molecule has 126 valence electrons. The van der Waals surface area contributed by atoms with Crippen LogP contribution in [0.15, 0.2) is 61.7 Å². The second-order valence-electron chi connectivity index (χ2n) is 7.02. The molecule has 0 fully saturated rings. The number of benzene rings is 1. The van der Waals surface area contributed by atoms with E-state index < -0.39 is 0 Å². The summed E-state index contributed by atoms with van der Waals surface area (Å²) in [7, 11) is 0. The van der Waals surface area contributed by atoms with E-state index in [2.05, 4.69) is 108 Å². The Kier molecular flexibility index (Phi) is 4.84. The Morgan fingerprint density at radius 2 is 1.17 bits per heavy atom. The molecule has 0 aliphatic rings. The molecule has 4 heteroatoms. The van der Waals surface area contributed by atoms with E-state index >= 15 is 0 Å². The molecule has 0 aliphatic carbocycles. The zero-order valence-corrected chi connectivity index (χ0v) is 15.1. The summed E-state index contributed by atoms with van der Waals surface area (Å²) in [5.41, 5.74) is 2.74. The highest BCUT2D eigenvalue weighted by Gasteiger charge is 2.13. The Balaban J connectivity index is 1.79. The molecule has 24 heavy (non-hydrogen) atoms. The van der Waals surface area contributed by atoms with Gasteiger partial charge in [-0.05, 0) is 27.7 Å². The van der Waals surface area contributed by atoms with Gasteiger partial charge in [0, 0.05) is 11.1 Å². The van der Waals surface area contributed by atoms with Gasteiger partial charge in [-0.3, -0.25) is 0 Å². The third kappa shape index (κ3) is 3.75. The Hall–Kier alpha value is -2.36. The van der Waals surface area contributed by atoms with E-state index in [0.717, 1.165) is 13.1 Å². The summed E-state index contributed by atoms with van der Waals surface area (Å²) in [5, 5.41) is 0. The van der Waals surface area contributed by atoms with E-state index in [1.54, 1.807) is 0 Å². The molecule has 0 saturated carbocycles.